The predicted octanol–water partition coefficient (Wildman–Crippen LogP) is -3.35. The third-order valence-corrected chi connectivity index (χ3v) is 2.86. The van der Waals surface area contributed by atoms with Gasteiger partial charge in [0.1, 0.15) is 18.7 Å². The van der Waals surface area contributed by atoms with E-state index in [2.05, 4.69) is 4.98 Å². The van der Waals surface area contributed by atoms with E-state index in [9.17, 15) is 4.79 Å². The molecule has 0 unspecified atom stereocenters. The number of imidazole rings is 1. The van der Waals surface area contributed by atoms with Crippen molar-refractivity contribution in [3.63, 3.8) is 0 Å². The molecule has 8 heteroatoms. The van der Waals surface area contributed by atoms with Crippen molar-refractivity contribution in [1.82, 2.24) is 14.5 Å². The first-order valence-electron chi connectivity index (χ1n) is 6.76. The van der Waals surface area contributed by atoms with Crippen LogP contribution in [0, 0.1) is 0 Å². The molecule has 0 saturated carbocycles. The van der Waals surface area contributed by atoms with Crippen LogP contribution >= 0.6 is 0 Å². The first kappa shape index (κ1) is 24.1. The number of carbonyl (C=O) groups is 1. The zero-order valence-corrected chi connectivity index (χ0v) is 15.4. The molecule has 0 aliphatic heterocycles. The van der Waals surface area contributed by atoms with Gasteiger partial charge in [-0.05, 0) is 18.6 Å². The summed E-state index contributed by atoms with van der Waals surface area (Å²) in [6, 6.07) is 9.54. The molecular formula is C15H19Cl2MnN3O2. The zero-order chi connectivity index (χ0) is 14.2. The van der Waals surface area contributed by atoms with Crippen LogP contribution in [0.1, 0.15) is 13.3 Å². The van der Waals surface area contributed by atoms with E-state index >= 15 is 0 Å². The van der Waals surface area contributed by atoms with Gasteiger partial charge in [0.2, 0.25) is 0 Å². The Morgan fingerprint density at radius 3 is 2.48 bits per heavy atom. The summed E-state index contributed by atoms with van der Waals surface area (Å²) in [6.45, 7) is 3.78. The van der Waals surface area contributed by atoms with Crippen molar-refractivity contribution in [2.45, 2.75) is 13.3 Å². The molecule has 127 valence electrons. The maximum absolute atomic E-state index is 12.2. The molecule has 0 fully saturated rings. The van der Waals surface area contributed by atoms with Crippen molar-refractivity contribution in [1.29, 1.82) is 0 Å². The van der Waals surface area contributed by atoms with Gasteiger partial charge in [-0.2, -0.15) is 0 Å². The number of rotatable bonds is 6. The van der Waals surface area contributed by atoms with Crippen LogP contribution in [-0.2, 0) is 17.1 Å². The maximum atomic E-state index is 12.2. The zero-order valence-electron chi connectivity index (χ0n) is 12.7. The number of ether oxygens (including phenoxy) is 1. The summed E-state index contributed by atoms with van der Waals surface area (Å²) in [6.07, 6.45) is 5.68. The number of halogens is 2. The van der Waals surface area contributed by atoms with Crippen LogP contribution in [-0.4, -0.2) is 40.2 Å². The number of hydrogen-bond acceptors (Lipinski definition) is 3. The Morgan fingerprint density at radius 1 is 1.22 bits per heavy atom. The number of aromatic nitrogens is 2. The third kappa shape index (κ3) is 7.75. The second-order valence-corrected chi connectivity index (χ2v) is 4.40. The molecule has 1 heterocycles. The molecule has 1 radical (unpaired) electrons. The standard InChI is InChI=1S/C15H19N3O2.2ClH.Mn/c1-2-9-17(15(19)18-10-8-16-13-18)11-12-20-14-6-4-3-5-7-14;;;/h3-8,10,13H,2,9,11-12H2,1H3;2*1H;/q;;;+2/p-2. The van der Waals surface area contributed by atoms with Gasteiger partial charge in [-0.1, -0.05) is 25.1 Å². The molecule has 0 saturated heterocycles. The molecule has 23 heavy (non-hydrogen) atoms. The SMILES string of the molecule is CCCN(CCOc1ccccc1)C(=O)n1ccnc1.[Cl-].[Cl-].[Mn+2]. The number of carbonyl (C=O) groups excluding carboxylic acids is 1. The van der Waals surface area contributed by atoms with E-state index in [0.29, 0.717) is 19.7 Å². The van der Waals surface area contributed by atoms with Crippen LogP contribution in [0.15, 0.2) is 49.1 Å². The van der Waals surface area contributed by atoms with E-state index in [-0.39, 0.29) is 47.9 Å². The fourth-order valence-corrected chi connectivity index (χ4v) is 1.90. The number of para-hydroxylation sites is 1. The molecule has 2 aromatic rings. The third-order valence-electron chi connectivity index (χ3n) is 2.86. The van der Waals surface area contributed by atoms with Crippen molar-refractivity contribution in [2.24, 2.45) is 0 Å². The summed E-state index contributed by atoms with van der Waals surface area (Å²) in [7, 11) is 0. The van der Waals surface area contributed by atoms with Crippen LogP contribution in [0.5, 0.6) is 5.75 Å². The minimum absolute atomic E-state index is 0. The molecule has 0 aliphatic carbocycles. The summed E-state index contributed by atoms with van der Waals surface area (Å²) >= 11 is 0. The number of nitrogens with zero attached hydrogens (tertiary/aromatic N) is 3. The molecule has 1 aromatic heterocycles. The quantitative estimate of drug-likeness (QED) is 0.478. The molecule has 2 rings (SSSR count). The molecule has 1 amide bonds. The minimum atomic E-state index is -0.0685. The van der Waals surface area contributed by atoms with Crippen LogP contribution in [0.4, 0.5) is 4.79 Å². The van der Waals surface area contributed by atoms with Gasteiger partial charge < -0.3 is 34.5 Å². The maximum Gasteiger partial charge on any atom is 2.00 e. The Hall–Kier alpha value is -1.20. The molecule has 1 aromatic carbocycles. The topological polar surface area (TPSA) is 47.4 Å². The second kappa shape index (κ2) is 13.3. The second-order valence-electron chi connectivity index (χ2n) is 4.40. The normalized spacial score (nSPS) is 8.91. The van der Waals surface area contributed by atoms with E-state index in [1.807, 2.05) is 37.3 Å². The van der Waals surface area contributed by atoms with Gasteiger partial charge in [-0.15, -0.1) is 0 Å². The fraction of sp³-hybridized carbons (Fsp3) is 0.333. The molecule has 0 aliphatic rings. The average Bonchev–Trinajstić information content (AvgIpc) is 3.01. The van der Waals surface area contributed by atoms with Gasteiger partial charge >= 0.3 is 23.1 Å². The number of amides is 1. The summed E-state index contributed by atoms with van der Waals surface area (Å²) in [5, 5.41) is 0. The Balaban J connectivity index is 0. The largest absolute Gasteiger partial charge is 2.00 e. The van der Waals surface area contributed by atoms with Crippen LogP contribution in [0.2, 0.25) is 0 Å². The number of benzene rings is 1. The van der Waals surface area contributed by atoms with Crippen LogP contribution in [0.3, 0.4) is 0 Å². The molecular weight excluding hydrogens is 380 g/mol. The summed E-state index contributed by atoms with van der Waals surface area (Å²) in [4.78, 5) is 17.9. The van der Waals surface area contributed by atoms with E-state index in [1.165, 1.54) is 10.9 Å². The Bertz CT molecular complexity index is 527. The van der Waals surface area contributed by atoms with Crippen molar-refractivity contribution in [3.05, 3.63) is 49.1 Å². The van der Waals surface area contributed by atoms with Gasteiger partial charge in [0.05, 0.1) is 6.54 Å². The first-order chi connectivity index (χ1) is 9.81. The fourth-order valence-electron chi connectivity index (χ4n) is 1.90. The van der Waals surface area contributed by atoms with Gasteiger partial charge in [0.25, 0.3) is 0 Å². The average molecular weight is 399 g/mol. The van der Waals surface area contributed by atoms with Crippen molar-refractivity contribution >= 4 is 6.03 Å². The smallest absolute Gasteiger partial charge is 1.00 e. The summed E-state index contributed by atoms with van der Waals surface area (Å²) in [5.74, 6) is 0.819. The molecule has 0 N–H and O–H groups in total. The van der Waals surface area contributed by atoms with E-state index < -0.39 is 0 Å². The monoisotopic (exact) mass is 398 g/mol. The Kier molecular flexibility index (Phi) is 13.9. The molecule has 5 nitrogen and oxygen atoms in total. The van der Waals surface area contributed by atoms with E-state index in [1.54, 1.807) is 17.3 Å². The van der Waals surface area contributed by atoms with Crippen molar-refractivity contribution < 1.29 is 51.4 Å². The minimum Gasteiger partial charge on any atom is -1.00 e. The van der Waals surface area contributed by atoms with E-state index in [4.69, 9.17) is 4.74 Å². The van der Waals surface area contributed by atoms with Gasteiger partial charge in [-0.3, -0.25) is 4.57 Å². The molecule has 0 atom stereocenters. The van der Waals surface area contributed by atoms with Crippen molar-refractivity contribution in [2.75, 3.05) is 19.7 Å². The van der Waals surface area contributed by atoms with Gasteiger partial charge in [0.15, 0.2) is 0 Å². The Labute approximate surface area is 159 Å². The van der Waals surface area contributed by atoms with Gasteiger partial charge in [-0.25, -0.2) is 9.78 Å². The van der Waals surface area contributed by atoms with Crippen LogP contribution < -0.4 is 29.6 Å². The Morgan fingerprint density at radius 2 is 1.91 bits per heavy atom. The predicted molar refractivity (Wildman–Crippen MR) is 76.8 cm³/mol. The van der Waals surface area contributed by atoms with Gasteiger partial charge in [0, 0.05) is 18.9 Å². The molecule has 0 spiro atoms. The number of hydrogen-bond donors (Lipinski definition) is 0. The first-order valence-corrected chi connectivity index (χ1v) is 6.76. The van der Waals surface area contributed by atoms with Crippen molar-refractivity contribution in [3.8, 4) is 5.75 Å². The van der Waals surface area contributed by atoms with Crippen LogP contribution in [0.25, 0.3) is 0 Å². The van der Waals surface area contributed by atoms with E-state index in [0.717, 1.165) is 12.2 Å². The summed E-state index contributed by atoms with van der Waals surface area (Å²) in [5.41, 5.74) is 0. The molecule has 0 bridgehead atoms. The summed E-state index contributed by atoms with van der Waals surface area (Å²) < 4.78 is 7.12.